The van der Waals surface area contributed by atoms with E-state index in [1.807, 2.05) is 18.2 Å². The molecule has 11 heteroatoms. The number of nitrogens with zero attached hydrogens (tertiary/aromatic N) is 2. The van der Waals surface area contributed by atoms with Gasteiger partial charge in [0.15, 0.2) is 11.5 Å². The summed E-state index contributed by atoms with van der Waals surface area (Å²) >= 11 is 12.7. The summed E-state index contributed by atoms with van der Waals surface area (Å²) in [4.78, 5) is 43.2. The van der Waals surface area contributed by atoms with Gasteiger partial charge < -0.3 is 14.8 Å². The predicted molar refractivity (Wildman–Crippen MR) is 161 cm³/mol. The van der Waals surface area contributed by atoms with Crippen LogP contribution in [0.3, 0.4) is 0 Å². The van der Waals surface area contributed by atoms with Crippen LogP contribution in [0.1, 0.15) is 11.1 Å². The lowest BCUT2D eigenvalue weighted by Crippen LogP contribution is -2.35. The van der Waals surface area contributed by atoms with Gasteiger partial charge in [0.25, 0.3) is 11.8 Å². The SMILES string of the molecule is COc1ccc(CCN2C(=O)C(=C3C(=O)N(CC(=O)Nc4cccc(Cl)c4)c4ccccc43)SC2=S)cc1OC. The standard InChI is InChI=1S/C29H24ClN3O5S2/c1-37-22-11-10-17(14-23(22)38-2)12-13-32-28(36)26(40-29(32)39)25-20-8-3-4-9-21(20)33(27(25)35)16-24(34)31-19-7-5-6-18(30)15-19/h3-11,14-15H,12-13,16H2,1-2H3,(H,31,34). The summed E-state index contributed by atoms with van der Waals surface area (Å²) in [6, 6.07) is 19.4. The highest BCUT2D eigenvalue weighted by atomic mass is 35.5. The zero-order valence-corrected chi connectivity index (χ0v) is 24.0. The quantitative estimate of drug-likeness (QED) is 0.285. The Morgan fingerprint density at radius 1 is 0.950 bits per heavy atom. The van der Waals surface area contributed by atoms with E-state index >= 15 is 0 Å². The Morgan fingerprint density at radius 2 is 1.73 bits per heavy atom. The first-order valence-electron chi connectivity index (χ1n) is 12.3. The van der Waals surface area contributed by atoms with Crippen LogP contribution >= 0.6 is 35.6 Å². The normalized spacial score (nSPS) is 16.4. The fraction of sp³-hybridized carbons (Fsp3) is 0.172. The van der Waals surface area contributed by atoms with Gasteiger partial charge in [-0.1, -0.05) is 65.9 Å². The van der Waals surface area contributed by atoms with Crippen molar-refractivity contribution in [3.05, 3.63) is 87.8 Å². The molecule has 1 saturated heterocycles. The minimum Gasteiger partial charge on any atom is -0.493 e. The number of nitrogens with one attached hydrogen (secondary N) is 1. The summed E-state index contributed by atoms with van der Waals surface area (Å²) in [6.45, 7) is 0.101. The Morgan fingerprint density at radius 3 is 2.48 bits per heavy atom. The Hall–Kier alpha value is -3.86. The van der Waals surface area contributed by atoms with Crippen LogP contribution in [0.25, 0.3) is 5.57 Å². The molecule has 1 fully saturated rings. The highest BCUT2D eigenvalue weighted by molar-refractivity contribution is 8.26. The van der Waals surface area contributed by atoms with E-state index in [2.05, 4.69) is 5.32 Å². The molecule has 0 aliphatic carbocycles. The third-order valence-corrected chi connectivity index (χ3v) is 8.16. The van der Waals surface area contributed by atoms with E-state index in [4.69, 9.17) is 33.3 Å². The highest BCUT2D eigenvalue weighted by Crippen LogP contribution is 2.44. The number of methoxy groups -OCH3 is 2. The number of amides is 3. The van der Waals surface area contributed by atoms with Gasteiger partial charge in [0, 0.05) is 22.8 Å². The number of thiocarbonyl (C=S) groups is 1. The van der Waals surface area contributed by atoms with E-state index in [0.717, 1.165) is 17.3 Å². The van der Waals surface area contributed by atoms with Crippen LogP contribution in [0.4, 0.5) is 11.4 Å². The van der Waals surface area contributed by atoms with Gasteiger partial charge in [-0.15, -0.1) is 0 Å². The van der Waals surface area contributed by atoms with Crippen LogP contribution in [0.15, 0.2) is 71.6 Å². The largest absolute Gasteiger partial charge is 0.493 e. The Kier molecular flexibility index (Phi) is 8.11. The molecular formula is C29H24ClN3O5S2. The molecule has 0 saturated carbocycles. The number of rotatable bonds is 8. The maximum atomic E-state index is 13.7. The van der Waals surface area contributed by atoms with Gasteiger partial charge in [0.05, 0.1) is 30.4 Å². The average Bonchev–Trinajstić information content (AvgIpc) is 3.38. The number of benzene rings is 3. The predicted octanol–water partition coefficient (Wildman–Crippen LogP) is 5.16. The monoisotopic (exact) mass is 593 g/mol. The molecule has 8 nitrogen and oxygen atoms in total. The molecule has 2 aliphatic heterocycles. The summed E-state index contributed by atoms with van der Waals surface area (Å²) in [6.07, 6.45) is 0.524. The minimum absolute atomic E-state index is 0.231. The summed E-state index contributed by atoms with van der Waals surface area (Å²) in [5, 5.41) is 3.25. The van der Waals surface area contributed by atoms with Crippen molar-refractivity contribution in [1.82, 2.24) is 4.90 Å². The van der Waals surface area contributed by atoms with Gasteiger partial charge in [0.1, 0.15) is 10.9 Å². The topological polar surface area (TPSA) is 88.2 Å². The molecule has 0 aromatic heterocycles. The smallest absolute Gasteiger partial charge is 0.267 e. The van der Waals surface area contributed by atoms with E-state index in [1.54, 1.807) is 62.8 Å². The van der Waals surface area contributed by atoms with Gasteiger partial charge >= 0.3 is 0 Å². The molecule has 3 aromatic rings. The van der Waals surface area contributed by atoms with E-state index < -0.39 is 11.8 Å². The van der Waals surface area contributed by atoms with E-state index in [-0.39, 0.29) is 22.9 Å². The maximum absolute atomic E-state index is 13.7. The van der Waals surface area contributed by atoms with E-state index in [1.165, 1.54) is 9.80 Å². The number of anilines is 2. The molecule has 3 aromatic carbocycles. The Labute approximate surface area is 245 Å². The maximum Gasteiger partial charge on any atom is 0.267 e. The van der Waals surface area contributed by atoms with Gasteiger partial charge in [-0.25, -0.2) is 0 Å². The molecule has 0 unspecified atom stereocenters. The molecule has 1 N–H and O–H groups in total. The van der Waals surface area contributed by atoms with Crippen molar-refractivity contribution >= 4 is 74.6 Å². The van der Waals surface area contributed by atoms with Crippen molar-refractivity contribution in [2.24, 2.45) is 0 Å². The number of hydrogen-bond donors (Lipinski definition) is 1. The zero-order chi connectivity index (χ0) is 28.4. The highest BCUT2D eigenvalue weighted by Gasteiger charge is 2.42. The van der Waals surface area contributed by atoms with Crippen molar-refractivity contribution in [3.8, 4) is 11.5 Å². The van der Waals surface area contributed by atoms with Crippen LogP contribution in [0, 0.1) is 0 Å². The van der Waals surface area contributed by atoms with Crippen LogP contribution in [0.2, 0.25) is 5.02 Å². The van der Waals surface area contributed by atoms with Crippen LogP contribution < -0.4 is 19.7 Å². The number of ether oxygens (including phenoxy) is 2. The number of thioether (sulfide) groups is 1. The lowest BCUT2D eigenvalue weighted by Gasteiger charge is -2.17. The molecule has 2 heterocycles. The number of carbonyl (C=O) groups excluding carboxylic acids is 3. The number of para-hydroxylation sites is 1. The third kappa shape index (κ3) is 5.42. The molecule has 0 spiro atoms. The summed E-state index contributed by atoms with van der Waals surface area (Å²) in [5.74, 6) is 0.0572. The Bertz CT molecular complexity index is 1570. The van der Waals surface area contributed by atoms with Gasteiger partial charge in [-0.3, -0.25) is 24.2 Å². The van der Waals surface area contributed by atoms with E-state index in [9.17, 15) is 14.4 Å². The first-order valence-corrected chi connectivity index (χ1v) is 13.9. The van der Waals surface area contributed by atoms with Crippen LogP contribution in [-0.4, -0.2) is 54.3 Å². The fourth-order valence-corrected chi connectivity index (χ4v) is 6.16. The van der Waals surface area contributed by atoms with E-state index in [0.29, 0.717) is 50.7 Å². The second-order valence-corrected chi connectivity index (χ2v) is 11.0. The summed E-state index contributed by atoms with van der Waals surface area (Å²) in [5.41, 5.74) is 2.85. The van der Waals surface area contributed by atoms with Crippen LogP contribution in [-0.2, 0) is 20.8 Å². The van der Waals surface area contributed by atoms with Crippen LogP contribution in [0.5, 0.6) is 11.5 Å². The fourth-order valence-electron chi connectivity index (χ4n) is 4.59. The van der Waals surface area contributed by atoms with Crippen molar-refractivity contribution in [1.29, 1.82) is 0 Å². The molecule has 0 radical (unpaired) electrons. The third-order valence-electron chi connectivity index (χ3n) is 6.48. The minimum atomic E-state index is -0.428. The molecule has 204 valence electrons. The van der Waals surface area contributed by atoms with Crippen molar-refractivity contribution in [3.63, 3.8) is 0 Å². The molecule has 2 aliphatic rings. The molecule has 40 heavy (non-hydrogen) atoms. The molecule has 0 bridgehead atoms. The lowest BCUT2D eigenvalue weighted by atomic mass is 10.1. The second kappa shape index (κ2) is 11.7. The van der Waals surface area contributed by atoms with Crippen molar-refractivity contribution in [2.75, 3.05) is 37.5 Å². The number of carbonyl (C=O) groups is 3. The lowest BCUT2D eigenvalue weighted by molar-refractivity contribution is -0.122. The summed E-state index contributed by atoms with van der Waals surface area (Å²) in [7, 11) is 3.14. The van der Waals surface area contributed by atoms with Crippen molar-refractivity contribution in [2.45, 2.75) is 6.42 Å². The molecule has 3 amide bonds. The number of fused-ring (bicyclic) bond motifs is 1. The van der Waals surface area contributed by atoms with Gasteiger partial charge in [-0.2, -0.15) is 0 Å². The summed E-state index contributed by atoms with van der Waals surface area (Å²) < 4.78 is 11.0. The van der Waals surface area contributed by atoms with Crippen molar-refractivity contribution < 1.29 is 23.9 Å². The zero-order valence-electron chi connectivity index (χ0n) is 21.6. The van der Waals surface area contributed by atoms with Gasteiger partial charge in [-0.05, 0) is 48.4 Å². The molecule has 0 atom stereocenters. The molecular weight excluding hydrogens is 570 g/mol. The van der Waals surface area contributed by atoms with Gasteiger partial charge in [0.2, 0.25) is 5.91 Å². The first kappa shape index (κ1) is 27.7. The Balaban J connectivity index is 1.36. The number of halogens is 1. The second-order valence-electron chi connectivity index (χ2n) is 8.94. The first-order chi connectivity index (χ1) is 19.3. The average molecular weight is 594 g/mol. The molecule has 5 rings (SSSR count). The number of hydrogen-bond acceptors (Lipinski definition) is 7.